The van der Waals surface area contributed by atoms with Crippen LogP contribution in [0, 0.1) is 6.92 Å². The lowest BCUT2D eigenvalue weighted by molar-refractivity contribution is 0.474. The molecule has 0 aromatic carbocycles. The van der Waals surface area contributed by atoms with Crippen molar-refractivity contribution in [2.45, 2.75) is 51.0 Å². The summed E-state index contributed by atoms with van der Waals surface area (Å²) in [5.74, 6) is 1.22. The Hall–Kier alpha value is -1.49. The molecule has 1 aliphatic carbocycles. The Morgan fingerprint density at radius 2 is 2.00 bits per heavy atom. The Morgan fingerprint density at radius 3 is 2.89 bits per heavy atom. The van der Waals surface area contributed by atoms with Gasteiger partial charge in [-0.05, 0) is 31.9 Å². The number of nitrogens with two attached hydrogens (primary N) is 1. The van der Waals surface area contributed by atoms with Crippen molar-refractivity contribution in [2.24, 2.45) is 5.73 Å². The number of nitrogens with zero attached hydrogens (tertiary/aromatic N) is 4. The number of fused-ring (bicyclic) bond motifs is 1. The third-order valence-electron chi connectivity index (χ3n) is 3.82. The van der Waals surface area contributed by atoms with E-state index in [1.165, 1.54) is 19.3 Å². The highest BCUT2D eigenvalue weighted by Crippen LogP contribution is 2.29. The van der Waals surface area contributed by atoms with Gasteiger partial charge in [-0.3, -0.25) is 0 Å². The average molecular weight is 245 g/mol. The minimum Gasteiger partial charge on any atom is -0.327 e. The fourth-order valence-corrected chi connectivity index (χ4v) is 2.79. The molecule has 0 spiro atoms. The van der Waals surface area contributed by atoms with Crippen molar-refractivity contribution in [3.8, 4) is 0 Å². The monoisotopic (exact) mass is 245 g/mol. The smallest absolute Gasteiger partial charge is 0.177 e. The largest absolute Gasteiger partial charge is 0.327 e. The zero-order chi connectivity index (χ0) is 12.5. The molecule has 1 fully saturated rings. The van der Waals surface area contributed by atoms with E-state index in [9.17, 15) is 0 Å². The highest BCUT2D eigenvalue weighted by atomic mass is 15.4. The summed E-state index contributed by atoms with van der Waals surface area (Å²) >= 11 is 0. The molecule has 0 aliphatic heterocycles. The van der Waals surface area contributed by atoms with Gasteiger partial charge in [-0.2, -0.15) is 9.61 Å². The Kier molecular flexibility index (Phi) is 2.99. The first-order valence-corrected chi connectivity index (χ1v) is 6.70. The van der Waals surface area contributed by atoms with Crippen LogP contribution < -0.4 is 5.73 Å². The van der Waals surface area contributed by atoms with Gasteiger partial charge in [0.05, 0.1) is 5.69 Å². The molecule has 2 N–H and O–H groups in total. The van der Waals surface area contributed by atoms with Crippen LogP contribution in [0.15, 0.2) is 12.1 Å². The Balaban J connectivity index is 2.04. The highest BCUT2D eigenvalue weighted by molar-refractivity contribution is 5.36. The second-order valence-electron chi connectivity index (χ2n) is 5.21. The van der Waals surface area contributed by atoms with Crippen LogP contribution in [0.3, 0.4) is 0 Å². The van der Waals surface area contributed by atoms with Gasteiger partial charge in [0.15, 0.2) is 11.5 Å². The van der Waals surface area contributed by atoms with Crippen molar-refractivity contribution in [1.29, 1.82) is 0 Å². The van der Waals surface area contributed by atoms with E-state index in [-0.39, 0.29) is 12.0 Å². The van der Waals surface area contributed by atoms with Crippen molar-refractivity contribution < 1.29 is 0 Å². The molecule has 1 saturated carbocycles. The Labute approximate surface area is 106 Å². The summed E-state index contributed by atoms with van der Waals surface area (Å²) in [7, 11) is 0. The molecule has 5 heteroatoms. The average Bonchev–Trinajstić information content (AvgIpc) is 2.64. The number of hydrogen-bond donors (Lipinski definition) is 1. The predicted octanol–water partition coefficient (Wildman–Crippen LogP) is 1.81. The Morgan fingerprint density at radius 1 is 1.17 bits per heavy atom. The summed E-state index contributed by atoms with van der Waals surface area (Å²) < 4.78 is 1.87. The van der Waals surface area contributed by atoms with Gasteiger partial charge < -0.3 is 5.73 Å². The summed E-state index contributed by atoms with van der Waals surface area (Å²) in [6.07, 6.45) is 5.89. The van der Waals surface area contributed by atoms with Gasteiger partial charge >= 0.3 is 0 Å². The number of aryl methyl sites for hydroxylation is 1. The number of aromatic nitrogens is 4. The molecule has 2 heterocycles. The van der Waals surface area contributed by atoms with E-state index < -0.39 is 0 Å². The molecule has 3 rings (SSSR count). The summed E-state index contributed by atoms with van der Waals surface area (Å²) in [4.78, 5) is 0. The molecule has 0 amide bonds. The van der Waals surface area contributed by atoms with E-state index in [0.717, 1.165) is 30.0 Å². The second-order valence-corrected chi connectivity index (χ2v) is 5.21. The van der Waals surface area contributed by atoms with E-state index in [0.29, 0.717) is 0 Å². The van der Waals surface area contributed by atoms with Crippen molar-refractivity contribution >= 4 is 5.65 Å². The maximum absolute atomic E-state index is 6.29. The standard InChI is InChI=1S/C13H19N5/c1-9-7-8-12-15-16-13(18(12)17-9)10-5-3-2-4-6-11(10)14/h7-8,10-11H,2-6,14H2,1H3. The van der Waals surface area contributed by atoms with Crippen LogP contribution in [0.1, 0.15) is 49.5 Å². The van der Waals surface area contributed by atoms with Gasteiger partial charge in [0.25, 0.3) is 0 Å². The number of hydrogen-bond acceptors (Lipinski definition) is 4. The summed E-state index contributed by atoms with van der Waals surface area (Å²) in [6, 6.07) is 4.10. The summed E-state index contributed by atoms with van der Waals surface area (Å²) in [6.45, 7) is 1.98. The van der Waals surface area contributed by atoms with Gasteiger partial charge in [-0.25, -0.2) is 0 Å². The zero-order valence-electron chi connectivity index (χ0n) is 10.7. The van der Waals surface area contributed by atoms with E-state index in [2.05, 4.69) is 15.3 Å². The van der Waals surface area contributed by atoms with Crippen molar-refractivity contribution in [1.82, 2.24) is 19.8 Å². The molecular weight excluding hydrogens is 226 g/mol. The summed E-state index contributed by atoms with van der Waals surface area (Å²) in [5.41, 5.74) is 8.08. The molecule has 0 saturated heterocycles. The van der Waals surface area contributed by atoms with Crippen LogP contribution in [0.5, 0.6) is 0 Å². The number of rotatable bonds is 1. The van der Waals surface area contributed by atoms with Crippen LogP contribution in [-0.4, -0.2) is 25.9 Å². The lowest BCUT2D eigenvalue weighted by atomic mass is 9.95. The predicted molar refractivity (Wildman–Crippen MR) is 69.3 cm³/mol. The quantitative estimate of drug-likeness (QED) is 0.778. The first kappa shape index (κ1) is 11.6. The normalized spacial score (nSPS) is 25.2. The Bertz CT molecular complexity index is 547. The van der Waals surface area contributed by atoms with Gasteiger partial charge in [-0.15, -0.1) is 10.2 Å². The molecule has 5 nitrogen and oxygen atoms in total. The van der Waals surface area contributed by atoms with Crippen LogP contribution in [-0.2, 0) is 0 Å². The van der Waals surface area contributed by atoms with Crippen LogP contribution in [0.2, 0.25) is 0 Å². The minimum absolute atomic E-state index is 0.183. The van der Waals surface area contributed by atoms with Crippen LogP contribution in [0.25, 0.3) is 5.65 Å². The lowest BCUT2D eigenvalue weighted by Crippen LogP contribution is -2.29. The zero-order valence-corrected chi connectivity index (χ0v) is 10.7. The van der Waals surface area contributed by atoms with E-state index in [4.69, 9.17) is 5.73 Å². The van der Waals surface area contributed by atoms with Crippen molar-refractivity contribution in [2.75, 3.05) is 0 Å². The molecule has 2 unspecified atom stereocenters. The first-order chi connectivity index (χ1) is 8.75. The second kappa shape index (κ2) is 4.65. The molecule has 2 aromatic heterocycles. The van der Waals surface area contributed by atoms with E-state index in [1.807, 2.05) is 23.6 Å². The molecular formula is C13H19N5. The lowest BCUT2D eigenvalue weighted by Gasteiger charge is -2.18. The van der Waals surface area contributed by atoms with Crippen molar-refractivity contribution in [3.05, 3.63) is 23.7 Å². The van der Waals surface area contributed by atoms with Gasteiger partial charge in [0.2, 0.25) is 0 Å². The minimum atomic E-state index is 0.183. The fourth-order valence-electron chi connectivity index (χ4n) is 2.79. The topological polar surface area (TPSA) is 69.1 Å². The fraction of sp³-hybridized carbons (Fsp3) is 0.615. The third-order valence-corrected chi connectivity index (χ3v) is 3.82. The molecule has 0 bridgehead atoms. The first-order valence-electron chi connectivity index (χ1n) is 6.70. The van der Waals surface area contributed by atoms with E-state index >= 15 is 0 Å². The van der Waals surface area contributed by atoms with E-state index in [1.54, 1.807) is 0 Å². The third kappa shape index (κ3) is 1.99. The highest BCUT2D eigenvalue weighted by Gasteiger charge is 2.26. The van der Waals surface area contributed by atoms with Gasteiger partial charge in [-0.1, -0.05) is 19.3 Å². The maximum Gasteiger partial charge on any atom is 0.177 e. The maximum atomic E-state index is 6.29. The molecule has 0 radical (unpaired) electrons. The van der Waals surface area contributed by atoms with Gasteiger partial charge in [0.1, 0.15) is 0 Å². The van der Waals surface area contributed by atoms with Gasteiger partial charge in [0, 0.05) is 12.0 Å². The summed E-state index contributed by atoms with van der Waals surface area (Å²) in [5, 5.41) is 13.0. The van der Waals surface area contributed by atoms with Crippen LogP contribution in [0.4, 0.5) is 0 Å². The molecule has 96 valence electrons. The molecule has 2 atom stereocenters. The molecule has 1 aliphatic rings. The van der Waals surface area contributed by atoms with Crippen molar-refractivity contribution in [3.63, 3.8) is 0 Å². The van der Waals surface area contributed by atoms with Crippen LogP contribution >= 0.6 is 0 Å². The SMILES string of the molecule is Cc1ccc2nnc(C3CCCCCC3N)n2n1. The molecule has 2 aromatic rings. The molecule has 18 heavy (non-hydrogen) atoms.